The summed E-state index contributed by atoms with van der Waals surface area (Å²) in [5.41, 5.74) is -3.92. The fraction of sp³-hybridized carbons (Fsp3) is 0.696. The lowest BCUT2D eigenvalue weighted by molar-refractivity contribution is -0.182. The molecule has 31 heavy (non-hydrogen) atoms. The van der Waals surface area contributed by atoms with E-state index in [1.54, 1.807) is 13.0 Å². The van der Waals surface area contributed by atoms with Crippen LogP contribution in [0.1, 0.15) is 39.5 Å². The largest absolute Gasteiger partial charge is 0.469 e. The van der Waals surface area contributed by atoms with Crippen molar-refractivity contribution >= 4 is 17.9 Å². The first-order valence-corrected chi connectivity index (χ1v) is 10.6. The van der Waals surface area contributed by atoms with E-state index in [1.807, 2.05) is 6.08 Å². The predicted molar refractivity (Wildman–Crippen MR) is 105 cm³/mol. The first kappa shape index (κ1) is 20.7. The second kappa shape index (κ2) is 5.78. The normalized spacial score (nSPS) is 50.7. The Morgan fingerprint density at radius 1 is 1.23 bits per heavy atom. The van der Waals surface area contributed by atoms with E-state index in [-0.39, 0.29) is 0 Å². The van der Waals surface area contributed by atoms with Gasteiger partial charge in [-0.25, -0.2) is 0 Å². The number of carbonyl (C=O) groups excluding carboxylic acids is 3. The van der Waals surface area contributed by atoms with Crippen molar-refractivity contribution in [1.29, 1.82) is 0 Å². The molecule has 0 aromatic rings. The summed E-state index contributed by atoms with van der Waals surface area (Å²) in [6.45, 7) is 7.21. The van der Waals surface area contributed by atoms with Gasteiger partial charge < -0.3 is 24.1 Å². The van der Waals surface area contributed by atoms with Crippen LogP contribution in [0.4, 0.5) is 0 Å². The van der Waals surface area contributed by atoms with Crippen molar-refractivity contribution in [2.24, 2.45) is 22.7 Å². The highest BCUT2D eigenvalue weighted by Crippen LogP contribution is 2.85. The molecule has 1 heterocycles. The van der Waals surface area contributed by atoms with Crippen molar-refractivity contribution in [2.75, 3.05) is 14.2 Å². The highest BCUT2D eigenvalue weighted by Gasteiger charge is 2.95. The lowest BCUT2D eigenvalue weighted by atomic mass is 9.59. The number of esters is 3. The third kappa shape index (κ3) is 1.98. The van der Waals surface area contributed by atoms with Crippen molar-refractivity contribution < 1.29 is 38.4 Å². The molecule has 0 radical (unpaired) electrons. The molecule has 5 aliphatic rings. The molecule has 0 unspecified atom stereocenters. The lowest BCUT2D eigenvalue weighted by Crippen LogP contribution is -2.57. The van der Waals surface area contributed by atoms with Crippen LogP contribution in [0.25, 0.3) is 0 Å². The summed E-state index contributed by atoms with van der Waals surface area (Å²) in [6, 6.07) is 0. The maximum absolute atomic E-state index is 13.3. The smallest absolute Gasteiger partial charge is 0.314 e. The van der Waals surface area contributed by atoms with Gasteiger partial charge in [-0.1, -0.05) is 18.7 Å². The van der Waals surface area contributed by atoms with Gasteiger partial charge in [-0.05, 0) is 31.8 Å². The first-order valence-electron chi connectivity index (χ1n) is 10.6. The summed E-state index contributed by atoms with van der Waals surface area (Å²) < 4.78 is 22.7. The van der Waals surface area contributed by atoms with Gasteiger partial charge >= 0.3 is 17.9 Å². The van der Waals surface area contributed by atoms with E-state index in [9.17, 15) is 19.5 Å². The number of hydrogen-bond acceptors (Lipinski definition) is 8. The molecule has 8 nitrogen and oxygen atoms in total. The number of aliphatic hydroxyl groups is 1. The van der Waals surface area contributed by atoms with Crippen LogP contribution in [-0.4, -0.2) is 60.1 Å². The monoisotopic (exact) mass is 432 g/mol. The third-order valence-electron chi connectivity index (χ3n) is 8.99. The Labute approximate surface area is 180 Å². The van der Waals surface area contributed by atoms with Crippen LogP contribution >= 0.6 is 0 Å². The minimum atomic E-state index is -1.41. The number of epoxide rings is 1. The van der Waals surface area contributed by atoms with Gasteiger partial charge in [0.15, 0.2) is 0 Å². The second-order valence-electron chi connectivity index (χ2n) is 9.98. The molecule has 0 amide bonds. The molecule has 1 saturated heterocycles. The molecular formula is C23H28O8. The van der Waals surface area contributed by atoms with Crippen LogP contribution in [0.5, 0.6) is 0 Å². The Kier molecular flexibility index (Phi) is 3.86. The van der Waals surface area contributed by atoms with Crippen molar-refractivity contribution in [1.82, 2.24) is 0 Å². The molecule has 0 aromatic carbocycles. The molecular weight excluding hydrogens is 404 g/mol. The fourth-order valence-electron chi connectivity index (χ4n) is 7.84. The SMILES string of the molecule is C=C1C[C@]23C[C@]1(OC(C)=O)CC[C@@]21O[C@]12C=C[C@H](O)[C@@](C)(C(=O)OC)[C@H]2[C@@H]3C(=O)OC. The molecule has 3 spiro atoms. The molecule has 1 N–H and O–H groups in total. The molecule has 0 aromatic heterocycles. The van der Waals surface area contributed by atoms with E-state index in [2.05, 4.69) is 6.58 Å². The maximum Gasteiger partial charge on any atom is 0.314 e. The van der Waals surface area contributed by atoms with Crippen LogP contribution in [-0.2, 0) is 33.3 Å². The minimum absolute atomic E-state index is 0.373. The summed E-state index contributed by atoms with van der Waals surface area (Å²) in [7, 11) is 2.59. The number of methoxy groups -OCH3 is 2. The maximum atomic E-state index is 13.3. The fourth-order valence-corrected chi connectivity index (χ4v) is 7.84. The Morgan fingerprint density at radius 3 is 2.55 bits per heavy atom. The highest BCUT2D eigenvalue weighted by atomic mass is 16.6. The van der Waals surface area contributed by atoms with Gasteiger partial charge in [-0.3, -0.25) is 14.4 Å². The summed E-state index contributed by atoms with van der Waals surface area (Å²) in [5, 5.41) is 10.9. The minimum Gasteiger partial charge on any atom is -0.469 e. The standard InChI is InChI=1S/C23H28O8/c1-12-10-20-11-21(12,30-13(2)24)8-9-23(20)22(31-23)7-6-14(25)19(3,18(27)29-5)16(22)15(20)17(26)28-4/h6-7,14-16,25H,1,8-11H2,2-5H3/t14-,15+,16+,19+,20+,21+,22-,23+/m0/s1. The van der Waals surface area contributed by atoms with Gasteiger partial charge in [-0.15, -0.1) is 0 Å². The van der Waals surface area contributed by atoms with Crippen molar-refractivity contribution in [3.63, 3.8) is 0 Å². The lowest BCUT2D eigenvalue weighted by Gasteiger charge is -2.47. The Balaban J connectivity index is 1.73. The van der Waals surface area contributed by atoms with E-state index < -0.39 is 63.5 Å². The first-order chi connectivity index (χ1) is 14.5. The zero-order chi connectivity index (χ0) is 22.6. The number of aliphatic hydroxyl groups excluding tert-OH is 1. The molecule has 4 aliphatic carbocycles. The summed E-state index contributed by atoms with van der Waals surface area (Å²) in [5.74, 6) is -2.93. The summed E-state index contributed by atoms with van der Waals surface area (Å²) in [4.78, 5) is 38.3. The van der Waals surface area contributed by atoms with Crippen LogP contribution in [0, 0.1) is 22.7 Å². The van der Waals surface area contributed by atoms with Gasteiger partial charge in [0.05, 0.1) is 26.2 Å². The van der Waals surface area contributed by atoms with Gasteiger partial charge in [0.1, 0.15) is 22.2 Å². The van der Waals surface area contributed by atoms with E-state index >= 15 is 0 Å². The van der Waals surface area contributed by atoms with Crippen molar-refractivity contribution in [3.05, 3.63) is 24.3 Å². The number of hydrogen-bond donors (Lipinski definition) is 1. The molecule has 168 valence electrons. The highest BCUT2D eigenvalue weighted by molar-refractivity contribution is 5.84. The number of carbonyl (C=O) groups is 3. The van der Waals surface area contributed by atoms with Crippen LogP contribution in [0.2, 0.25) is 0 Å². The molecule has 8 heteroatoms. The van der Waals surface area contributed by atoms with Gasteiger partial charge in [0.2, 0.25) is 0 Å². The number of ether oxygens (including phenoxy) is 4. The third-order valence-corrected chi connectivity index (χ3v) is 8.99. The molecule has 8 atom stereocenters. The Morgan fingerprint density at radius 2 is 1.94 bits per heavy atom. The van der Waals surface area contributed by atoms with Gasteiger partial charge in [0.25, 0.3) is 0 Å². The van der Waals surface area contributed by atoms with Crippen LogP contribution in [0.15, 0.2) is 24.3 Å². The predicted octanol–water partition coefficient (Wildman–Crippen LogP) is 1.46. The van der Waals surface area contributed by atoms with Crippen LogP contribution in [0.3, 0.4) is 0 Å². The number of fused-ring (bicyclic) bond motifs is 1. The van der Waals surface area contributed by atoms with Gasteiger partial charge in [-0.2, -0.15) is 0 Å². The topological polar surface area (TPSA) is 112 Å². The molecule has 1 aliphatic heterocycles. The number of rotatable bonds is 3. The molecule has 3 saturated carbocycles. The Bertz CT molecular complexity index is 955. The van der Waals surface area contributed by atoms with E-state index in [0.717, 1.165) is 5.57 Å². The zero-order valence-corrected chi connectivity index (χ0v) is 18.2. The quantitative estimate of drug-likeness (QED) is 0.309. The van der Waals surface area contributed by atoms with Gasteiger partial charge in [0, 0.05) is 24.7 Å². The Hall–Kier alpha value is -2.19. The zero-order valence-electron chi connectivity index (χ0n) is 18.2. The average Bonchev–Trinajstić information content (AvgIpc) is 3.24. The van der Waals surface area contributed by atoms with Crippen molar-refractivity contribution in [3.8, 4) is 0 Å². The molecule has 2 bridgehead atoms. The average molecular weight is 432 g/mol. The summed E-state index contributed by atoms with van der Waals surface area (Å²) >= 11 is 0. The van der Waals surface area contributed by atoms with E-state index in [0.29, 0.717) is 25.7 Å². The molecule has 4 fully saturated rings. The molecule has 5 rings (SSSR count). The summed E-state index contributed by atoms with van der Waals surface area (Å²) in [6.07, 6.45) is 4.10. The van der Waals surface area contributed by atoms with E-state index in [1.165, 1.54) is 21.1 Å². The second-order valence-corrected chi connectivity index (χ2v) is 9.98. The van der Waals surface area contributed by atoms with Crippen molar-refractivity contribution in [2.45, 2.75) is 62.4 Å². The van der Waals surface area contributed by atoms with Crippen LogP contribution < -0.4 is 0 Å². The van der Waals surface area contributed by atoms with E-state index in [4.69, 9.17) is 18.9 Å².